The van der Waals surface area contributed by atoms with Crippen molar-refractivity contribution in [1.29, 1.82) is 0 Å². The lowest BCUT2D eigenvalue weighted by Crippen LogP contribution is -2.33. The third-order valence-corrected chi connectivity index (χ3v) is 4.51. The summed E-state index contributed by atoms with van der Waals surface area (Å²) in [6.45, 7) is 3.61. The van der Waals surface area contributed by atoms with Crippen LogP contribution in [-0.4, -0.2) is 34.6 Å². The van der Waals surface area contributed by atoms with Gasteiger partial charge in [-0.2, -0.15) is 0 Å². The van der Waals surface area contributed by atoms with Crippen molar-refractivity contribution >= 4 is 10.9 Å². The average Bonchev–Trinajstić information content (AvgIpc) is 2.69. The number of hydrogen-bond donors (Lipinski definition) is 2. The molecular formula is C15H18N2O. The Kier molecular flexibility index (Phi) is 2.18. The van der Waals surface area contributed by atoms with Crippen molar-refractivity contribution in [2.75, 3.05) is 19.6 Å². The normalized spacial score (nSPS) is 26.9. The molecule has 2 N–H and O–H groups in total. The number of nitrogens with zero attached hydrogens (tertiary/aromatic N) is 1. The second kappa shape index (κ2) is 3.75. The van der Waals surface area contributed by atoms with E-state index in [4.69, 9.17) is 0 Å². The van der Waals surface area contributed by atoms with E-state index in [2.05, 4.69) is 9.88 Å². The fraction of sp³-hybridized carbons (Fsp3) is 0.467. The predicted molar refractivity (Wildman–Crippen MR) is 72.1 cm³/mol. The smallest absolute Gasteiger partial charge is 0.116 e. The van der Waals surface area contributed by atoms with E-state index in [9.17, 15) is 5.11 Å². The summed E-state index contributed by atoms with van der Waals surface area (Å²) in [5, 5.41) is 10.9. The van der Waals surface area contributed by atoms with Gasteiger partial charge in [-0.15, -0.1) is 0 Å². The van der Waals surface area contributed by atoms with Crippen LogP contribution in [0.15, 0.2) is 18.2 Å². The van der Waals surface area contributed by atoms with Gasteiger partial charge in [0.2, 0.25) is 0 Å². The van der Waals surface area contributed by atoms with Crippen LogP contribution in [-0.2, 0) is 6.42 Å². The molecule has 2 aliphatic heterocycles. The SMILES string of the molecule is Oc1ccc2[nH]c3c(c2c1)CCN1CCCC3C1. The minimum absolute atomic E-state index is 0.372. The van der Waals surface area contributed by atoms with Crippen molar-refractivity contribution in [3.8, 4) is 5.75 Å². The summed E-state index contributed by atoms with van der Waals surface area (Å²) in [4.78, 5) is 6.18. The molecule has 1 saturated heterocycles. The Morgan fingerprint density at radius 1 is 1.28 bits per heavy atom. The molecule has 4 rings (SSSR count). The number of fused-ring (bicyclic) bond motifs is 6. The molecule has 2 bridgehead atoms. The van der Waals surface area contributed by atoms with E-state index in [1.54, 1.807) is 6.07 Å². The summed E-state index contributed by atoms with van der Waals surface area (Å²) in [5.74, 6) is 1.03. The number of rotatable bonds is 0. The summed E-state index contributed by atoms with van der Waals surface area (Å²) in [6, 6.07) is 5.68. The van der Waals surface area contributed by atoms with E-state index < -0.39 is 0 Å². The molecule has 18 heavy (non-hydrogen) atoms. The number of benzene rings is 1. The van der Waals surface area contributed by atoms with E-state index in [1.165, 1.54) is 48.1 Å². The van der Waals surface area contributed by atoms with Crippen molar-refractivity contribution in [2.24, 2.45) is 0 Å². The Bertz CT molecular complexity index is 602. The van der Waals surface area contributed by atoms with Crippen LogP contribution in [0.25, 0.3) is 10.9 Å². The molecule has 2 aliphatic rings. The van der Waals surface area contributed by atoms with E-state index in [0.717, 1.165) is 13.0 Å². The maximum atomic E-state index is 9.68. The molecular weight excluding hydrogens is 224 g/mol. The zero-order chi connectivity index (χ0) is 12.1. The Hall–Kier alpha value is -1.48. The first-order valence-electron chi connectivity index (χ1n) is 6.87. The maximum absolute atomic E-state index is 9.68. The Morgan fingerprint density at radius 2 is 2.22 bits per heavy atom. The summed E-state index contributed by atoms with van der Waals surface area (Å²) in [5.41, 5.74) is 4.05. The van der Waals surface area contributed by atoms with Crippen LogP contribution in [0, 0.1) is 0 Å². The van der Waals surface area contributed by atoms with Gasteiger partial charge in [0.15, 0.2) is 0 Å². The zero-order valence-electron chi connectivity index (χ0n) is 10.4. The number of aromatic nitrogens is 1. The Labute approximate surface area is 106 Å². The van der Waals surface area contributed by atoms with Gasteiger partial charge in [-0.1, -0.05) is 0 Å². The predicted octanol–water partition coefficient (Wildman–Crippen LogP) is 2.61. The molecule has 0 saturated carbocycles. The highest BCUT2D eigenvalue weighted by atomic mass is 16.3. The summed E-state index contributed by atoms with van der Waals surface area (Å²) in [7, 11) is 0. The number of aromatic hydroxyl groups is 1. The van der Waals surface area contributed by atoms with Gasteiger partial charge in [-0.3, -0.25) is 0 Å². The molecule has 2 unspecified atom stereocenters. The lowest BCUT2D eigenvalue weighted by Gasteiger charge is -2.29. The summed E-state index contributed by atoms with van der Waals surface area (Å²) >= 11 is 0. The molecule has 2 aromatic rings. The highest BCUT2D eigenvalue weighted by Gasteiger charge is 2.28. The van der Waals surface area contributed by atoms with E-state index in [0.29, 0.717) is 11.7 Å². The third kappa shape index (κ3) is 1.47. The van der Waals surface area contributed by atoms with Gasteiger partial charge in [0.25, 0.3) is 0 Å². The van der Waals surface area contributed by atoms with Crippen LogP contribution in [0.5, 0.6) is 5.75 Å². The number of phenolic OH excluding ortho intramolecular Hbond substituents is 1. The zero-order valence-corrected chi connectivity index (χ0v) is 10.4. The fourth-order valence-electron chi connectivity index (χ4n) is 3.64. The molecule has 2 atom stereocenters. The van der Waals surface area contributed by atoms with Gasteiger partial charge in [-0.25, -0.2) is 0 Å². The first kappa shape index (κ1) is 10.4. The Balaban J connectivity index is 1.92. The molecule has 0 radical (unpaired) electrons. The average molecular weight is 242 g/mol. The van der Waals surface area contributed by atoms with Crippen LogP contribution in [0.3, 0.4) is 0 Å². The number of phenols is 1. The second-order valence-corrected chi connectivity index (χ2v) is 5.64. The quantitative estimate of drug-likeness (QED) is 0.745. The van der Waals surface area contributed by atoms with Crippen LogP contribution in [0.1, 0.15) is 30.0 Å². The van der Waals surface area contributed by atoms with Crippen molar-refractivity contribution in [3.05, 3.63) is 29.5 Å². The van der Waals surface area contributed by atoms with E-state index in [-0.39, 0.29) is 0 Å². The van der Waals surface area contributed by atoms with Crippen molar-refractivity contribution in [2.45, 2.75) is 25.2 Å². The van der Waals surface area contributed by atoms with Gasteiger partial charge in [0.05, 0.1) is 0 Å². The maximum Gasteiger partial charge on any atom is 0.116 e. The highest BCUT2D eigenvalue weighted by molar-refractivity contribution is 5.86. The first-order chi connectivity index (χ1) is 8.81. The van der Waals surface area contributed by atoms with Gasteiger partial charge in [0.1, 0.15) is 5.75 Å². The molecule has 3 heteroatoms. The summed E-state index contributed by atoms with van der Waals surface area (Å²) < 4.78 is 0. The number of hydrogen-bond acceptors (Lipinski definition) is 2. The van der Waals surface area contributed by atoms with Gasteiger partial charge in [0, 0.05) is 35.6 Å². The monoisotopic (exact) mass is 242 g/mol. The van der Waals surface area contributed by atoms with Crippen molar-refractivity contribution < 1.29 is 5.11 Å². The molecule has 3 nitrogen and oxygen atoms in total. The van der Waals surface area contributed by atoms with Crippen molar-refractivity contribution in [3.63, 3.8) is 0 Å². The fourth-order valence-corrected chi connectivity index (χ4v) is 3.64. The molecule has 1 aromatic heterocycles. The van der Waals surface area contributed by atoms with Gasteiger partial charge >= 0.3 is 0 Å². The summed E-state index contributed by atoms with van der Waals surface area (Å²) in [6.07, 6.45) is 3.71. The van der Waals surface area contributed by atoms with Crippen LogP contribution >= 0.6 is 0 Å². The van der Waals surface area contributed by atoms with Gasteiger partial charge in [-0.05, 0) is 49.6 Å². The molecule has 1 fully saturated rings. The van der Waals surface area contributed by atoms with Gasteiger partial charge < -0.3 is 15.0 Å². The van der Waals surface area contributed by atoms with Crippen LogP contribution in [0.2, 0.25) is 0 Å². The number of piperidine rings is 1. The first-order valence-corrected chi connectivity index (χ1v) is 6.87. The highest BCUT2D eigenvalue weighted by Crippen LogP contribution is 2.36. The van der Waals surface area contributed by atoms with E-state index in [1.807, 2.05) is 12.1 Å². The minimum atomic E-state index is 0.372. The second-order valence-electron chi connectivity index (χ2n) is 5.64. The van der Waals surface area contributed by atoms with Crippen LogP contribution < -0.4 is 0 Å². The molecule has 0 spiro atoms. The molecule has 1 aromatic carbocycles. The number of aromatic amines is 1. The van der Waals surface area contributed by atoms with Crippen molar-refractivity contribution in [1.82, 2.24) is 9.88 Å². The largest absolute Gasteiger partial charge is 0.508 e. The molecule has 0 amide bonds. The number of nitrogens with one attached hydrogen (secondary N) is 1. The topological polar surface area (TPSA) is 39.3 Å². The van der Waals surface area contributed by atoms with E-state index >= 15 is 0 Å². The lowest BCUT2D eigenvalue weighted by molar-refractivity contribution is 0.217. The Morgan fingerprint density at radius 3 is 3.17 bits per heavy atom. The number of H-pyrrole nitrogens is 1. The molecule has 3 heterocycles. The third-order valence-electron chi connectivity index (χ3n) is 4.51. The molecule has 94 valence electrons. The minimum Gasteiger partial charge on any atom is -0.508 e. The van der Waals surface area contributed by atoms with Crippen LogP contribution in [0.4, 0.5) is 0 Å². The standard InChI is InChI=1S/C15H18N2O/c18-11-3-4-14-13(8-11)12-5-7-17-6-1-2-10(9-17)15(12)16-14/h3-4,8,10,16,18H,1-2,5-7,9H2. The molecule has 0 aliphatic carbocycles. The lowest BCUT2D eigenvalue weighted by atomic mass is 9.93.